The summed E-state index contributed by atoms with van der Waals surface area (Å²) in [5, 5.41) is 2.87. The van der Waals surface area contributed by atoms with Gasteiger partial charge < -0.3 is 9.88 Å². The molecule has 1 aromatic rings. The molecule has 0 aromatic carbocycles. The summed E-state index contributed by atoms with van der Waals surface area (Å²) >= 11 is 0. The molecule has 1 aliphatic heterocycles. The normalized spacial score (nSPS) is 15.6. The van der Waals surface area contributed by atoms with Gasteiger partial charge in [0.1, 0.15) is 0 Å². The predicted octanol–water partition coefficient (Wildman–Crippen LogP) is 0.798. The molecule has 2 N–H and O–H groups in total. The molecule has 1 aliphatic rings. The van der Waals surface area contributed by atoms with Gasteiger partial charge in [0.2, 0.25) is 15.8 Å². The van der Waals surface area contributed by atoms with Crippen LogP contribution in [0.4, 0.5) is 19.0 Å². The van der Waals surface area contributed by atoms with E-state index in [-0.39, 0.29) is 37.0 Å². The third-order valence-electron chi connectivity index (χ3n) is 2.41. The molecule has 0 radical (unpaired) electrons. The van der Waals surface area contributed by atoms with E-state index in [1.807, 2.05) is 4.72 Å². The molecule has 0 spiro atoms. The Morgan fingerprint density at radius 1 is 1.42 bits per heavy atom. The molecule has 110 valence electrons. The van der Waals surface area contributed by atoms with Crippen LogP contribution in [-0.4, -0.2) is 30.8 Å². The first kappa shape index (κ1) is 16.1. The Balaban J connectivity index is 0.00000180. The summed E-state index contributed by atoms with van der Waals surface area (Å²) in [6.45, 7) is 0.619. The van der Waals surface area contributed by atoms with E-state index in [9.17, 15) is 21.6 Å². The van der Waals surface area contributed by atoms with Crippen molar-refractivity contribution in [3.05, 3.63) is 11.5 Å². The van der Waals surface area contributed by atoms with Crippen molar-refractivity contribution in [2.75, 3.05) is 17.5 Å². The summed E-state index contributed by atoms with van der Waals surface area (Å²) in [6, 6.07) is 0. The van der Waals surface area contributed by atoms with Gasteiger partial charge in [0.05, 0.1) is 11.9 Å². The van der Waals surface area contributed by atoms with Crippen LogP contribution in [-0.2, 0) is 29.3 Å². The van der Waals surface area contributed by atoms with Crippen LogP contribution in [0.25, 0.3) is 0 Å². The van der Waals surface area contributed by atoms with Gasteiger partial charge in [-0.15, -0.1) is 12.4 Å². The summed E-state index contributed by atoms with van der Waals surface area (Å²) in [4.78, 5) is 3.36. The number of anilines is 1. The van der Waals surface area contributed by atoms with Crippen LogP contribution in [0.3, 0.4) is 0 Å². The molecule has 2 heterocycles. The number of rotatable bonds is 2. The summed E-state index contributed by atoms with van der Waals surface area (Å²) in [5.41, 5.74) is 0.194. The molecule has 2 rings (SSSR count). The van der Waals surface area contributed by atoms with Crippen LogP contribution in [0.15, 0.2) is 0 Å². The second kappa shape index (κ2) is 5.17. The first-order chi connectivity index (χ1) is 8.18. The largest absolute Gasteiger partial charge is 0.449 e. The number of imidazole rings is 1. The van der Waals surface area contributed by atoms with Crippen molar-refractivity contribution in [2.45, 2.75) is 19.3 Å². The number of fused-ring (bicyclic) bond motifs is 1. The highest BCUT2D eigenvalue weighted by atomic mass is 35.5. The predicted molar refractivity (Wildman–Crippen MR) is 64.7 cm³/mol. The second-order valence-corrected chi connectivity index (χ2v) is 5.68. The summed E-state index contributed by atoms with van der Waals surface area (Å²) < 4.78 is 63.4. The van der Waals surface area contributed by atoms with E-state index >= 15 is 0 Å². The van der Waals surface area contributed by atoms with E-state index in [0.717, 1.165) is 10.8 Å². The molecule has 1 aromatic heterocycles. The maximum atomic E-state index is 12.7. The first-order valence-corrected chi connectivity index (χ1v) is 6.93. The number of hydrogen-bond donors (Lipinski definition) is 2. The molecular formula is C8H12ClF3N4O2S. The number of nitrogens with one attached hydrogen (secondary N) is 2. The number of hydrogen-bond acceptors (Lipinski definition) is 4. The SMILES string of the molecule is CS(=O)(=O)Nc1nc(C(F)(F)F)n2c1CNCC2.Cl. The zero-order chi connectivity index (χ0) is 13.6. The number of sulfonamides is 1. The minimum absolute atomic E-state index is 0. The molecule has 11 heteroatoms. The van der Waals surface area contributed by atoms with Crippen molar-refractivity contribution in [3.8, 4) is 0 Å². The molecule has 0 fully saturated rings. The molecule has 0 bridgehead atoms. The number of nitrogens with zero attached hydrogens (tertiary/aromatic N) is 2. The Hall–Kier alpha value is -1.00. The van der Waals surface area contributed by atoms with Crippen molar-refractivity contribution in [3.63, 3.8) is 0 Å². The topological polar surface area (TPSA) is 76.0 Å². The Morgan fingerprint density at radius 3 is 2.58 bits per heavy atom. The fourth-order valence-electron chi connectivity index (χ4n) is 1.78. The van der Waals surface area contributed by atoms with E-state index < -0.39 is 22.0 Å². The molecule has 0 amide bonds. The van der Waals surface area contributed by atoms with E-state index in [1.165, 1.54) is 0 Å². The molecule has 19 heavy (non-hydrogen) atoms. The molecule has 0 unspecified atom stereocenters. The zero-order valence-corrected chi connectivity index (χ0v) is 11.4. The third-order valence-corrected chi connectivity index (χ3v) is 2.98. The number of halogens is 4. The Kier molecular flexibility index (Phi) is 4.37. The lowest BCUT2D eigenvalue weighted by Crippen LogP contribution is -2.30. The van der Waals surface area contributed by atoms with Crippen molar-refractivity contribution in [2.24, 2.45) is 0 Å². The van der Waals surface area contributed by atoms with Gasteiger partial charge in [-0.2, -0.15) is 13.2 Å². The van der Waals surface area contributed by atoms with Crippen molar-refractivity contribution >= 4 is 28.2 Å². The second-order valence-electron chi connectivity index (χ2n) is 3.93. The fraction of sp³-hybridized carbons (Fsp3) is 0.625. The Morgan fingerprint density at radius 2 is 2.05 bits per heavy atom. The lowest BCUT2D eigenvalue weighted by atomic mass is 10.3. The minimum Gasteiger partial charge on any atom is -0.320 e. The number of aromatic nitrogens is 2. The number of alkyl halides is 3. The molecule has 0 saturated carbocycles. The first-order valence-electron chi connectivity index (χ1n) is 5.03. The van der Waals surface area contributed by atoms with Crippen LogP contribution in [0.1, 0.15) is 11.5 Å². The van der Waals surface area contributed by atoms with Crippen LogP contribution >= 0.6 is 12.4 Å². The van der Waals surface area contributed by atoms with Gasteiger partial charge in [0.25, 0.3) is 0 Å². The molecular weight excluding hydrogens is 309 g/mol. The van der Waals surface area contributed by atoms with Gasteiger partial charge >= 0.3 is 6.18 Å². The lowest BCUT2D eigenvalue weighted by molar-refractivity contribution is -0.147. The van der Waals surface area contributed by atoms with Crippen LogP contribution in [0, 0.1) is 0 Å². The lowest BCUT2D eigenvalue weighted by Gasteiger charge is -2.19. The van der Waals surface area contributed by atoms with Gasteiger partial charge in [-0.3, -0.25) is 4.72 Å². The highest BCUT2D eigenvalue weighted by Gasteiger charge is 2.39. The highest BCUT2D eigenvalue weighted by Crippen LogP contribution is 2.33. The standard InChI is InChI=1S/C8H11F3N4O2S.ClH/c1-18(16,17)14-6-5-4-12-2-3-15(5)7(13-6)8(9,10)11;/h12,14H,2-4H2,1H3;1H. The average Bonchev–Trinajstić information content (AvgIpc) is 2.55. The van der Waals surface area contributed by atoms with Crippen molar-refractivity contribution in [1.29, 1.82) is 0 Å². The smallest absolute Gasteiger partial charge is 0.320 e. The highest BCUT2D eigenvalue weighted by molar-refractivity contribution is 7.92. The minimum atomic E-state index is -4.61. The van der Waals surface area contributed by atoms with Crippen LogP contribution in [0.5, 0.6) is 0 Å². The summed E-state index contributed by atoms with van der Waals surface area (Å²) in [6.07, 6.45) is -3.74. The van der Waals surface area contributed by atoms with E-state index in [4.69, 9.17) is 0 Å². The van der Waals surface area contributed by atoms with Crippen molar-refractivity contribution < 1.29 is 21.6 Å². The van der Waals surface area contributed by atoms with Gasteiger partial charge in [-0.05, 0) is 0 Å². The zero-order valence-electron chi connectivity index (χ0n) is 9.78. The average molecular weight is 321 g/mol. The Labute approximate surface area is 113 Å². The van der Waals surface area contributed by atoms with Gasteiger partial charge in [0, 0.05) is 19.6 Å². The Bertz CT molecular complexity index is 569. The van der Waals surface area contributed by atoms with Crippen LogP contribution in [0.2, 0.25) is 0 Å². The van der Waals surface area contributed by atoms with Crippen molar-refractivity contribution in [1.82, 2.24) is 14.9 Å². The third kappa shape index (κ3) is 3.51. The molecule has 0 atom stereocenters. The van der Waals surface area contributed by atoms with Gasteiger partial charge in [-0.1, -0.05) is 0 Å². The molecule has 0 aliphatic carbocycles. The maximum absolute atomic E-state index is 12.7. The maximum Gasteiger partial charge on any atom is 0.449 e. The summed E-state index contributed by atoms with van der Waals surface area (Å²) in [5.74, 6) is -1.35. The van der Waals surface area contributed by atoms with Crippen LogP contribution < -0.4 is 10.0 Å². The van der Waals surface area contributed by atoms with Gasteiger partial charge in [-0.25, -0.2) is 13.4 Å². The summed E-state index contributed by atoms with van der Waals surface area (Å²) in [7, 11) is -3.66. The monoisotopic (exact) mass is 320 g/mol. The molecule has 6 nitrogen and oxygen atoms in total. The van der Waals surface area contributed by atoms with Gasteiger partial charge in [0.15, 0.2) is 5.82 Å². The molecule has 0 saturated heterocycles. The van der Waals surface area contributed by atoms with E-state index in [1.54, 1.807) is 0 Å². The quantitative estimate of drug-likeness (QED) is 0.845. The van der Waals surface area contributed by atoms with E-state index in [0.29, 0.717) is 6.54 Å². The fourth-order valence-corrected chi connectivity index (χ4v) is 2.29. The van der Waals surface area contributed by atoms with E-state index in [2.05, 4.69) is 10.3 Å².